The standard InChI is InChI=1S/C50H30F24N2/c51-43(52,53)28-14-29(44(54,55)56)19-38(18-28)75(39-20-30(45(57,58)59)15-31(21-39)46(60,61)62)36-8-4-26(5-9-36)42(12-2-1-3-13-42)27-6-10-37(11-7-27)76(40-22-32(47(63,64)65)16-33(23-40)48(66,67)68)41-24-34(49(69,70)71)17-35(25-41)50(72,73)74/h4-11,14-25H,1-3,12-13H2. The van der Waals surface area contributed by atoms with Crippen molar-refractivity contribution >= 4 is 34.1 Å². The van der Waals surface area contributed by atoms with E-state index in [0.29, 0.717) is 19.3 Å². The van der Waals surface area contributed by atoms with E-state index in [-0.39, 0.29) is 107 Å². The Kier molecular flexibility index (Phi) is 14.5. The molecule has 0 atom stereocenters. The fraction of sp³-hybridized carbons (Fsp3) is 0.280. The summed E-state index contributed by atoms with van der Waals surface area (Å²) >= 11 is 0. The Hall–Kier alpha value is -6.76. The van der Waals surface area contributed by atoms with Crippen LogP contribution in [0.25, 0.3) is 0 Å². The Labute approximate surface area is 412 Å². The maximum absolute atomic E-state index is 14.1. The minimum Gasteiger partial charge on any atom is -0.310 e. The summed E-state index contributed by atoms with van der Waals surface area (Å²) in [4.78, 5) is 0.567. The van der Waals surface area contributed by atoms with Gasteiger partial charge in [0.2, 0.25) is 0 Å². The highest BCUT2D eigenvalue weighted by Gasteiger charge is 2.44. The van der Waals surface area contributed by atoms with E-state index in [1.54, 1.807) is 0 Å². The fourth-order valence-electron chi connectivity index (χ4n) is 8.92. The fourth-order valence-corrected chi connectivity index (χ4v) is 8.92. The Morgan fingerprint density at radius 2 is 0.421 bits per heavy atom. The van der Waals surface area contributed by atoms with Gasteiger partial charge in [0, 0.05) is 39.5 Å². The monoisotopic (exact) mass is 1110 g/mol. The van der Waals surface area contributed by atoms with Crippen molar-refractivity contribution in [2.75, 3.05) is 9.80 Å². The van der Waals surface area contributed by atoms with E-state index < -0.39 is 133 Å². The molecule has 1 saturated carbocycles. The van der Waals surface area contributed by atoms with Crippen LogP contribution >= 0.6 is 0 Å². The van der Waals surface area contributed by atoms with E-state index in [4.69, 9.17) is 0 Å². The molecular weight excluding hydrogens is 1080 g/mol. The number of hydrogen-bond donors (Lipinski definition) is 0. The maximum atomic E-state index is 14.1. The van der Waals surface area contributed by atoms with Crippen LogP contribution in [0, 0.1) is 0 Å². The van der Waals surface area contributed by atoms with Gasteiger partial charge in [-0.15, -0.1) is 0 Å². The van der Waals surface area contributed by atoms with Crippen LogP contribution in [0.5, 0.6) is 0 Å². The lowest BCUT2D eigenvalue weighted by molar-refractivity contribution is -0.144. The summed E-state index contributed by atoms with van der Waals surface area (Å²) < 4.78 is 339. The number of anilines is 6. The molecule has 2 nitrogen and oxygen atoms in total. The first kappa shape index (κ1) is 57.0. The second-order valence-corrected chi connectivity index (χ2v) is 17.5. The molecule has 1 aliphatic rings. The molecule has 0 spiro atoms. The molecule has 6 aromatic carbocycles. The number of benzene rings is 6. The second kappa shape index (κ2) is 19.4. The second-order valence-electron chi connectivity index (χ2n) is 17.5. The minimum absolute atomic E-state index is 0.0523. The Morgan fingerprint density at radius 3 is 0.592 bits per heavy atom. The zero-order valence-corrected chi connectivity index (χ0v) is 37.5. The number of halogens is 24. The van der Waals surface area contributed by atoms with Crippen molar-refractivity contribution in [2.24, 2.45) is 0 Å². The van der Waals surface area contributed by atoms with E-state index in [2.05, 4.69) is 0 Å². The molecule has 6 aromatic rings. The molecule has 0 N–H and O–H groups in total. The summed E-state index contributed by atoms with van der Waals surface area (Å²) in [5.41, 5.74) is -23.0. The molecule has 0 saturated heterocycles. The van der Waals surface area contributed by atoms with Crippen molar-refractivity contribution in [1.29, 1.82) is 0 Å². The lowest BCUT2D eigenvalue weighted by atomic mass is 9.65. The molecule has 7 rings (SSSR count). The lowest BCUT2D eigenvalue weighted by Crippen LogP contribution is -2.30. The third-order valence-electron chi connectivity index (χ3n) is 12.4. The molecule has 1 fully saturated rings. The number of alkyl halides is 24. The number of nitrogens with zero attached hydrogens (tertiary/aromatic N) is 2. The van der Waals surface area contributed by atoms with Gasteiger partial charge >= 0.3 is 49.4 Å². The molecule has 408 valence electrons. The number of rotatable bonds is 8. The average Bonchev–Trinajstić information content (AvgIpc) is 3.30. The highest BCUT2D eigenvalue weighted by atomic mass is 19.4. The summed E-state index contributed by atoms with van der Waals surface area (Å²) in [5, 5.41) is 0. The molecule has 0 unspecified atom stereocenters. The SMILES string of the molecule is FC(F)(F)c1cc(N(c2ccc(C3(c4ccc(N(c5cc(C(F)(F)F)cc(C(F)(F)F)c5)c5cc(C(F)(F)F)cc(C(F)(F)F)c5)cc4)CCCCC3)cc2)c2cc(C(F)(F)F)cc(C(F)(F)F)c2)cc(C(F)(F)F)c1. The van der Waals surface area contributed by atoms with Gasteiger partial charge in [0.15, 0.2) is 0 Å². The molecule has 1 aliphatic carbocycles. The summed E-state index contributed by atoms with van der Waals surface area (Å²) in [7, 11) is 0. The summed E-state index contributed by atoms with van der Waals surface area (Å²) in [6.07, 6.45) is -42.9. The van der Waals surface area contributed by atoms with Crippen LogP contribution in [0.4, 0.5) is 139 Å². The van der Waals surface area contributed by atoms with Gasteiger partial charge in [-0.2, -0.15) is 105 Å². The third-order valence-corrected chi connectivity index (χ3v) is 12.4. The molecule has 0 radical (unpaired) electrons. The maximum Gasteiger partial charge on any atom is 0.416 e. The predicted octanol–water partition coefficient (Wildman–Crippen LogP) is 20.0. The Morgan fingerprint density at radius 1 is 0.237 bits per heavy atom. The van der Waals surface area contributed by atoms with Gasteiger partial charge < -0.3 is 9.80 Å². The highest BCUT2D eigenvalue weighted by molar-refractivity contribution is 5.80. The first-order valence-corrected chi connectivity index (χ1v) is 21.7. The van der Waals surface area contributed by atoms with E-state index in [1.165, 1.54) is 24.3 Å². The molecule has 0 bridgehead atoms. The van der Waals surface area contributed by atoms with Crippen LogP contribution in [-0.4, -0.2) is 0 Å². The minimum atomic E-state index is -5.56. The van der Waals surface area contributed by atoms with Gasteiger partial charge in [-0.1, -0.05) is 43.5 Å². The molecular formula is C50H30F24N2. The highest BCUT2D eigenvalue weighted by Crippen LogP contribution is 2.51. The van der Waals surface area contributed by atoms with Crippen molar-refractivity contribution in [2.45, 2.75) is 86.9 Å². The van der Waals surface area contributed by atoms with Crippen LogP contribution < -0.4 is 9.80 Å². The predicted molar refractivity (Wildman–Crippen MR) is 226 cm³/mol. The van der Waals surface area contributed by atoms with Crippen LogP contribution in [0.15, 0.2) is 121 Å². The third kappa shape index (κ3) is 12.2. The van der Waals surface area contributed by atoms with E-state index in [0.717, 1.165) is 24.3 Å². The first-order chi connectivity index (χ1) is 34.7. The van der Waals surface area contributed by atoms with Gasteiger partial charge in [-0.25, -0.2) is 0 Å². The van der Waals surface area contributed by atoms with E-state index in [1.807, 2.05) is 0 Å². The quantitative estimate of drug-likeness (QED) is 0.140. The molecule has 0 aromatic heterocycles. The van der Waals surface area contributed by atoms with Crippen molar-refractivity contribution in [3.8, 4) is 0 Å². The summed E-state index contributed by atoms with van der Waals surface area (Å²) in [6, 6.07) is 7.54. The smallest absolute Gasteiger partial charge is 0.310 e. The van der Waals surface area contributed by atoms with E-state index in [9.17, 15) is 105 Å². The molecule has 26 heteroatoms. The van der Waals surface area contributed by atoms with Gasteiger partial charge in [-0.05, 0) is 121 Å². The summed E-state index contributed by atoms with van der Waals surface area (Å²) in [6.45, 7) is 0. The van der Waals surface area contributed by atoms with Gasteiger partial charge in [0.25, 0.3) is 0 Å². The molecule has 0 aliphatic heterocycles. The van der Waals surface area contributed by atoms with Crippen LogP contribution in [0.2, 0.25) is 0 Å². The normalized spacial score (nSPS) is 15.2. The Balaban J connectivity index is 1.43. The topological polar surface area (TPSA) is 6.48 Å². The number of hydrogen-bond acceptors (Lipinski definition) is 2. The summed E-state index contributed by atoms with van der Waals surface area (Å²) in [5.74, 6) is 0. The lowest BCUT2D eigenvalue weighted by Gasteiger charge is -2.39. The van der Waals surface area contributed by atoms with Crippen molar-refractivity contribution in [3.63, 3.8) is 0 Å². The van der Waals surface area contributed by atoms with Crippen molar-refractivity contribution in [1.82, 2.24) is 0 Å². The molecule has 0 amide bonds. The molecule has 0 heterocycles. The van der Waals surface area contributed by atoms with Crippen molar-refractivity contribution in [3.05, 3.63) is 177 Å². The van der Waals surface area contributed by atoms with Gasteiger partial charge in [0.05, 0.1) is 44.5 Å². The van der Waals surface area contributed by atoms with Crippen LogP contribution in [0.3, 0.4) is 0 Å². The molecule has 76 heavy (non-hydrogen) atoms. The zero-order chi connectivity index (χ0) is 56.6. The van der Waals surface area contributed by atoms with Gasteiger partial charge in [0.1, 0.15) is 0 Å². The van der Waals surface area contributed by atoms with Crippen molar-refractivity contribution < 1.29 is 105 Å². The van der Waals surface area contributed by atoms with Crippen LogP contribution in [0.1, 0.15) is 87.7 Å². The largest absolute Gasteiger partial charge is 0.416 e. The zero-order valence-electron chi connectivity index (χ0n) is 37.5. The van der Waals surface area contributed by atoms with E-state index >= 15 is 0 Å². The first-order valence-electron chi connectivity index (χ1n) is 21.7. The Bertz CT molecular complexity index is 2570. The average molecular weight is 1110 g/mol. The van der Waals surface area contributed by atoms with Crippen LogP contribution in [-0.2, 0) is 54.8 Å². The van der Waals surface area contributed by atoms with Gasteiger partial charge in [-0.3, -0.25) is 0 Å².